The molecule has 4 aromatic rings. The highest BCUT2D eigenvalue weighted by Gasteiger charge is 2.11. The number of benzene rings is 1. The number of pyridine rings is 1. The van der Waals surface area contributed by atoms with Crippen molar-refractivity contribution in [2.24, 2.45) is 0 Å². The van der Waals surface area contributed by atoms with Gasteiger partial charge >= 0.3 is 0 Å². The third-order valence-electron chi connectivity index (χ3n) is 3.77. The second-order valence-corrected chi connectivity index (χ2v) is 6.51. The second-order valence-electron chi connectivity index (χ2n) is 5.56. The first-order valence-electron chi connectivity index (χ1n) is 7.76. The molecular weight excluding hydrogens is 332 g/mol. The Bertz CT molecular complexity index is 1130. The molecule has 0 radical (unpaired) electrons. The fourth-order valence-corrected chi connectivity index (χ4v) is 3.49. The zero-order chi connectivity index (χ0) is 17.2. The van der Waals surface area contributed by atoms with Gasteiger partial charge in [0, 0.05) is 24.0 Å². The molecular formula is C19H14N4OS. The van der Waals surface area contributed by atoms with Crippen molar-refractivity contribution >= 4 is 28.4 Å². The van der Waals surface area contributed by atoms with E-state index in [4.69, 9.17) is 0 Å². The van der Waals surface area contributed by atoms with Crippen LogP contribution in [0.25, 0.3) is 27.7 Å². The molecule has 0 aliphatic heterocycles. The van der Waals surface area contributed by atoms with E-state index in [2.05, 4.69) is 15.1 Å². The fourth-order valence-electron chi connectivity index (χ4n) is 2.49. The highest BCUT2D eigenvalue weighted by atomic mass is 32.1. The van der Waals surface area contributed by atoms with Crippen molar-refractivity contribution in [2.45, 2.75) is 6.92 Å². The van der Waals surface area contributed by atoms with Crippen molar-refractivity contribution in [2.75, 3.05) is 0 Å². The SMILES string of the molecule is Cc1ccccc1-c1nn2c(=O)cc(C=Cc3cccnc3)nc2s1. The van der Waals surface area contributed by atoms with E-state index >= 15 is 0 Å². The normalized spacial score (nSPS) is 11.4. The average Bonchev–Trinajstić information content (AvgIpc) is 3.06. The Kier molecular flexibility index (Phi) is 3.95. The third-order valence-corrected chi connectivity index (χ3v) is 4.71. The summed E-state index contributed by atoms with van der Waals surface area (Å²) in [5, 5.41) is 5.22. The Morgan fingerprint density at radius 1 is 1.12 bits per heavy atom. The molecule has 0 aliphatic rings. The van der Waals surface area contributed by atoms with Gasteiger partial charge in [0.2, 0.25) is 4.96 Å². The predicted molar refractivity (Wildman–Crippen MR) is 100 cm³/mol. The first kappa shape index (κ1) is 15.4. The summed E-state index contributed by atoms with van der Waals surface area (Å²) in [4.78, 5) is 21.5. The van der Waals surface area contributed by atoms with Gasteiger partial charge in [-0.2, -0.15) is 9.61 Å². The van der Waals surface area contributed by atoms with Gasteiger partial charge in [-0.15, -0.1) is 0 Å². The quantitative estimate of drug-likeness (QED) is 0.568. The number of fused-ring (bicyclic) bond motifs is 1. The van der Waals surface area contributed by atoms with E-state index in [9.17, 15) is 4.79 Å². The molecule has 0 unspecified atom stereocenters. The van der Waals surface area contributed by atoms with E-state index in [-0.39, 0.29) is 5.56 Å². The van der Waals surface area contributed by atoms with Crippen LogP contribution in [0.15, 0.2) is 59.7 Å². The van der Waals surface area contributed by atoms with Crippen molar-refractivity contribution in [1.29, 1.82) is 0 Å². The van der Waals surface area contributed by atoms with E-state index in [0.717, 1.165) is 21.7 Å². The van der Waals surface area contributed by atoms with Gasteiger partial charge in [0.05, 0.1) is 5.69 Å². The molecule has 6 heteroatoms. The number of hydrogen-bond acceptors (Lipinski definition) is 5. The van der Waals surface area contributed by atoms with Crippen LogP contribution >= 0.6 is 11.3 Å². The summed E-state index contributed by atoms with van der Waals surface area (Å²) in [7, 11) is 0. The summed E-state index contributed by atoms with van der Waals surface area (Å²) in [6.07, 6.45) is 7.17. The lowest BCUT2D eigenvalue weighted by Gasteiger charge is -1.98. The summed E-state index contributed by atoms with van der Waals surface area (Å²) in [6, 6.07) is 13.3. The Labute approximate surface area is 148 Å². The number of aromatic nitrogens is 4. The Morgan fingerprint density at radius 3 is 2.80 bits per heavy atom. The number of nitrogens with zero attached hydrogens (tertiary/aromatic N) is 4. The minimum Gasteiger partial charge on any atom is -0.267 e. The van der Waals surface area contributed by atoms with Crippen LogP contribution in [0.2, 0.25) is 0 Å². The lowest BCUT2D eigenvalue weighted by molar-refractivity contribution is 0.900. The van der Waals surface area contributed by atoms with Gasteiger partial charge in [-0.1, -0.05) is 47.7 Å². The van der Waals surface area contributed by atoms with Gasteiger partial charge in [0.1, 0.15) is 5.01 Å². The van der Waals surface area contributed by atoms with Gasteiger partial charge < -0.3 is 0 Å². The van der Waals surface area contributed by atoms with Crippen LogP contribution in [-0.2, 0) is 0 Å². The first-order valence-corrected chi connectivity index (χ1v) is 8.57. The zero-order valence-electron chi connectivity index (χ0n) is 13.5. The number of aryl methyl sites for hydroxylation is 1. The molecule has 0 fully saturated rings. The maximum absolute atomic E-state index is 12.4. The van der Waals surface area contributed by atoms with E-state index < -0.39 is 0 Å². The molecule has 0 amide bonds. The summed E-state index contributed by atoms with van der Waals surface area (Å²) in [5.74, 6) is 0. The molecule has 0 aliphatic carbocycles. The molecule has 122 valence electrons. The largest absolute Gasteiger partial charge is 0.275 e. The fraction of sp³-hybridized carbons (Fsp3) is 0.0526. The van der Waals surface area contributed by atoms with Crippen molar-refractivity contribution in [3.8, 4) is 10.6 Å². The Morgan fingerprint density at radius 2 is 2.00 bits per heavy atom. The van der Waals surface area contributed by atoms with Crippen molar-refractivity contribution in [3.05, 3.63) is 82.0 Å². The first-order chi connectivity index (χ1) is 12.2. The summed E-state index contributed by atoms with van der Waals surface area (Å²) in [5.41, 5.74) is 3.51. The van der Waals surface area contributed by atoms with Crippen LogP contribution in [0.3, 0.4) is 0 Å². The molecule has 4 rings (SSSR count). The molecule has 0 saturated carbocycles. The zero-order valence-corrected chi connectivity index (χ0v) is 14.3. The molecule has 1 aromatic carbocycles. The van der Waals surface area contributed by atoms with Gasteiger partial charge in [0.25, 0.3) is 5.56 Å². The van der Waals surface area contributed by atoms with Gasteiger partial charge in [-0.05, 0) is 30.2 Å². The smallest absolute Gasteiger partial charge is 0.267 e. The van der Waals surface area contributed by atoms with Gasteiger partial charge in [-0.25, -0.2) is 4.98 Å². The Hall–Kier alpha value is -3.12. The second kappa shape index (κ2) is 6.41. The monoisotopic (exact) mass is 346 g/mol. The predicted octanol–water partition coefficient (Wildman–Crippen LogP) is 3.69. The van der Waals surface area contributed by atoms with Crippen LogP contribution in [0.1, 0.15) is 16.8 Å². The highest BCUT2D eigenvalue weighted by Crippen LogP contribution is 2.27. The van der Waals surface area contributed by atoms with Crippen LogP contribution < -0.4 is 5.56 Å². The minimum absolute atomic E-state index is 0.188. The lowest BCUT2D eigenvalue weighted by atomic mass is 10.1. The third kappa shape index (κ3) is 3.12. The Balaban J connectivity index is 1.76. The number of hydrogen-bond donors (Lipinski definition) is 0. The van der Waals surface area contributed by atoms with E-state index in [0.29, 0.717) is 10.7 Å². The van der Waals surface area contributed by atoms with Crippen LogP contribution in [-0.4, -0.2) is 19.6 Å². The number of rotatable bonds is 3. The molecule has 0 atom stereocenters. The molecule has 5 nitrogen and oxygen atoms in total. The molecule has 0 N–H and O–H groups in total. The van der Waals surface area contributed by atoms with Crippen LogP contribution in [0.4, 0.5) is 0 Å². The molecule has 0 bridgehead atoms. The summed E-state index contributed by atoms with van der Waals surface area (Å²) >= 11 is 1.41. The highest BCUT2D eigenvalue weighted by molar-refractivity contribution is 7.19. The lowest BCUT2D eigenvalue weighted by Crippen LogP contribution is -2.14. The van der Waals surface area contributed by atoms with Gasteiger partial charge in [0.15, 0.2) is 0 Å². The minimum atomic E-state index is -0.188. The molecule has 25 heavy (non-hydrogen) atoms. The molecule has 0 saturated heterocycles. The van der Waals surface area contributed by atoms with Crippen LogP contribution in [0, 0.1) is 6.92 Å². The summed E-state index contributed by atoms with van der Waals surface area (Å²) in [6.45, 7) is 2.03. The standard InChI is InChI=1S/C19H14N4OS/c1-13-5-2-3-7-16(13)18-22-23-17(24)11-15(21-19(23)25-18)9-8-14-6-4-10-20-12-14/h2-12H,1H3. The van der Waals surface area contributed by atoms with Crippen molar-refractivity contribution < 1.29 is 0 Å². The maximum Gasteiger partial charge on any atom is 0.275 e. The van der Waals surface area contributed by atoms with E-state index in [1.165, 1.54) is 21.9 Å². The van der Waals surface area contributed by atoms with Crippen molar-refractivity contribution in [1.82, 2.24) is 19.6 Å². The molecule has 3 aromatic heterocycles. The van der Waals surface area contributed by atoms with Gasteiger partial charge in [-0.3, -0.25) is 9.78 Å². The van der Waals surface area contributed by atoms with E-state index in [1.807, 2.05) is 55.5 Å². The maximum atomic E-state index is 12.4. The molecule has 3 heterocycles. The average molecular weight is 346 g/mol. The van der Waals surface area contributed by atoms with Crippen LogP contribution in [0.5, 0.6) is 0 Å². The molecule has 0 spiro atoms. The summed E-state index contributed by atoms with van der Waals surface area (Å²) < 4.78 is 1.36. The van der Waals surface area contributed by atoms with E-state index in [1.54, 1.807) is 12.4 Å². The van der Waals surface area contributed by atoms with Crippen molar-refractivity contribution in [3.63, 3.8) is 0 Å². The topological polar surface area (TPSA) is 60.2 Å².